The first kappa shape index (κ1) is 11.3. The van der Waals surface area contributed by atoms with E-state index in [9.17, 15) is 13.6 Å². The third-order valence-electron chi connectivity index (χ3n) is 1.43. The Labute approximate surface area is 69.9 Å². The fraction of sp³-hybridized carbons (Fsp3) is 0.857. The van der Waals surface area contributed by atoms with Gasteiger partial charge >= 0.3 is 5.97 Å². The van der Waals surface area contributed by atoms with Gasteiger partial charge in [0.05, 0.1) is 7.11 Å². The number of ether oxygens (including phenoxy) is 1. The van der Waals surface area contributed by atoms with Crippen LogP contribution in [0.1, 0.15) is 19.3 Å². The van der Waals surface area contributed by atoms with E-state index >= 15 is 0 Å². The summed E-state index contributed by atoms with van der Waals surface area (Å²) in [6.45, 7) is 0. The van der Waals surface area contributed by atoms with Crippen molar-refractivity contribution in [1.29, 1.82) is 0 Å². The molecule has 0 aromatic rings. The van der Waals surface area contributed by atoms with Crippen molar-refractivity contribution in [2.24, 2.45) is 5.73 Å². The quantitative estimate of drug-likeness (QED) is 0.642. The molecule has 0 aliphatic carbocycles. The van der Waals surface area contributed by atoms with Gasteiger partial charge in [-0.05, 0) is 6.42 Å². The molecule has 0 aromatic carbocycles. The number of rotatable bonds is 5. The summed E-state index contributed by atoms with van der Waals surface area (Å²) in [6, 6.07) is -0.621. The maximum atomic E-state index is 11.7. The first-order chi connectivity index (χ1) is 5.56. The number of nitrogens with two attached hydrogens (primary N) is 1. The summed E-state index contributed by atoms with van der Waals surface area (Å²) in [7, 11) is 1.25. The summed E-state index contributed by atoms with van der Waals surface area (Å²) in [5, 5.41) is 0. The molecule has 0 saturated heterocycles. The largest absolute Gasteiger partial charge is 0.469 e. The smallest absolute Gasteiger partial charge is 0.305 e. The fourth-order valence-corrected chi connectivity index (χ4v) is 0.752. The Kier molecular flexibility index (Phi) is 5.53. The third-order valence-corrected chi connectivity index (χ3v) is 1.43. The molecule has 0 radical (unpaired) electrons. The van der Waals surface area contributed by atoms with Crippen molar-refractivity contribution < 1.29 is 18.3 Å². The zero-order chi connectivity index (χ0) is 9.56. The van der Waals surface area contributed by atoms with Gasteiger partial charge in [0, 0.05) is 18.9 Å². The second kappa shape index (κ2) is 5.88. The molecule has 3 nitrogen and oxygen atoms in total. The Hall–Kier alpha value is -0.710. The van der Waals surface area contributed by atoms with Gasteiger partial charge in [0.2, 0.25) is 6.43 Å². The van der Waals surface area contributed by atoms with Crippen molar-refractivity contribution in [3.8, 4) is 0 Å². The molecule has 0 amide bonds. The Bertz CT molecular complexity index is 141. The first-order valence-electron chi connectivity index (χ1n) is 3.66. The van der Waals surface area contributed by atoms with Crippen LogP contribution < -0.4 is 5.73 Å². The van der Waals surface area contributed by atoms with Crippen molar-refractivity contribution in [3.05, 3.63) is 0 Å². The lowest BCUT2D eigenvalue weighted by molar-refractivity contribution is -0.140. The molecule has 0 saturated carbocycles. The summed E-state index contributed by atoms with van der Waals surface area (Å²) in [5.41, 5.74) is 5.29. The van der Waals surface area contributed by atoms with Crippen LogP contribution in [0.25, 0.3) is 0 Å². The SMILES string of the molecule is COC(=O)CCC(N)CC(F)F. The van der Waals surface area contributed by atoms with E-state index in [0.29, 0.717) is 0 Å². The van der Waals surface area contributed by atoms with Gasteiger partial charge in [-0.2, -0.15) is 0 Å². The van der Waals surface area contributed by atoms with E-state index in [1.54, 1.807) is 0 Å². The molecule has 0 heterocycles. The first-order valence-corrected chi connectivity index (χ1v) is 3.66. The fourth-order valence-electron chi connectivity index (χ4n) is 0.752. The maximum Gasteiger partial charge on any atom is 0.305 e. The molecule has 0 spiro atoms. The number of halogens is 2. The highest BCUT2D eigenvalue weighted by atomic mass is 19.3. The van der Waals surface area contributed by atoms with Crippen molar-refractivity contribution in [2.45, 2.75) is 31.7 Å². The van der Waals surface area contributed by atoms with Crippen LogP contribution >= 0.6 is 0 Å². The van der Waals surface area contributed by atoms with Crippen LogP contribution in [0, 0.1) is 0 Å². The second-order valence-electron chi connectivity index (χ2n) is 2.50. The van der Waals surface area contributed by atoms with E-state index in [1.165, 1.54) is 7.11 Å². The Morgan fingerprint density at radius 2 is 2.17 bits per heavy atom. The molecule has 12 heavy (non-hydrogen) atoms. The minimum atomic E-state index is -2.40. The molecule has 0 bridgehead atoms. The summed E-state index contributed by atoms with van der Waals surface area (Å²) in [4.78, 5) is 10.5. The number of carbonyl (C=O) groups excluding carboxylic acids is 1. The zero-order valence-electron chi connectivity index (χ0n) is 6.93. The van der Waals surface area contributed by atoms with E-state index in [0.717, 1.165) is 0 Å². The Morgan fingerprint density at radius 1 is 1.58 bits per heavy atom. The number of esters is 1. The molecule has 0 aromatic heterocycles. The number of alkyl halides is 2. The van der Waals surface area contributed by atoms with Gasteiger partial charge in [-0.3, -0.25) is 4.79 Å². The molecule has 1 unspecified atom stereocenters. The highest BCUT2D eigenvalue weighted by Gasteiger charge is 2.12. The average molecular weight is 181 g/mol. The van der Waals surface area contributed by atoms with Gasteiger partial charge in [0.15, 0.2) is 0 Å². The van der Waals surface area contributed by atoms with Crippen LogP contribution in [-0.4, -0.2) is 25.5 Å². The van der Waals surface area contributed by atoms with Gasteiger partial charge in [-0.25, -0.2) is 8.78 Å². The third kappa shape index (κ3) is 6.03. The molecule has 2 N–H and O–H groups in total. The van der Waals surface area contributed by atoms with Crippen molar-refractivity contribution in [1.82, 2.24) is 0 Å². The number of carbonyl (C=O) groups is 1. The molecule has 72 valence electrons. The molecule has 0 rings (SSSR count). The van der Waals surface area contributed by atoms with E-state index < -0.39 is 18.4 Å². The predicted octanol–water partition coefficient (Wildman–Crippen LogP) is 0.922. The zero-order valence-corrected chi connectivity index (χ0v) is 6.93. The van der Waals surface area contributed by atoms with Crippen LogP contribution in [0.15, 0.2) is 0 Å². The topological polar surface area (TPSA) is 52.3 Å². The second-order valence-corrected chi connectivity index (χ2v) is 2.50. The lowest BCUT2D eigenvalue weighted by Gasteiger charge is -2.08. The van der Waals surface area contributed by atoms with Crippen molar-refractivity contribution in [2.75, 3.05) is 7.11 Å². The molecule has 0 fully saturated rings. The Morgan fingerprint density at radius 3 is 2.58 bits per heavy atom. The van der Waals surface area contributed by atoms with Crippen LogP contribution in [0.5, 0.6) is 0 Å². The number of hydrogen-bond donors (Lipinski definition) is 1. The molecular weight excluding hydrogens is 168 g/mol. The van der Waals surface area contributed by atoms with Gasteiger partial charge in [-0.15, -0.1) is 0 Å². The molecule has 1 atom stereocenters. The van der Waals surface area contributed by atoms with E-state index in [1.807, 2.05) is 0 Å². The van der Waals surface area contributed by atoms with E-state index in [-0.39, 0.29) is 19.3 Å². The molecular formula is C7H13F2NO2. The molecule has 5 heteroatoms. The van der Waals surface area contributed by atoms with Crippen LogP contribution in [0.3, 0.4) is 0 Å². The van der Waals surface area contributed by atoms with E-state index in [4.69, 9.17) is 5.73 Å². The van der Waals surface area contributed by atoms with E-state index in [2.05, 4.69) is 4.74 Å². The summed E-state index contributed by atoms with van der Waals surface area (Å²) in [5.74, 6) is -0.417. The number of hydrogen-bond acceptors (Lipinski definition) is 3. The monoisotopic (exact) mass is 181 g/mol. The summed E-state index contributed by atoms with van der Waals surface area (Å²) < 4.78 is 27.7. The van der Waals surface area contributed by atoms with Crippen molar-refractivity contribution in [3.63, 3.8) is 0 Å². The average Bonchev–Trinajstić information content (AvgIpc) is 1.99. The van der Waals surface area contributed by atoms with Gasteiger partial charge in [-0.1, -0.05) is 0 Å². The molecule has 0 aliphatic rings. The Balaban J connectivity index is 3.43. The lowest BCUT2D eigenvalue weighted by Crippen LogP contribution is -2.24. The van der Waals surface area contributed by atoms with Gasteiger partial charge in [0.25, 0.3) is 0 Å². The van der Waals surface area contributed by atoms with Crippen LogP contribution in [-0.2, 0) is 9.53 Å². The highest BCUT2D eigenvalue weighted by molar-refractivity contribution is 5.69. The maximum absolute atomic E-state index is 11.7. The predicted molar refractivity (Wildman–Crippen MR) is 39.8 cm³/mol. The molecule has 0 aliphatic heterocycles. The number of methoxy groups -OCH3 is 1. The highest BCUT2D eigenvalue weighted by Crippen LogP contribution is 2.07. The van der Waals surface area contributed by atoms with Gasteiger partial charge in [0.1, 0.15) is 0 Å². The van der Waals surface area contributed by atoms with Crippen LogP contribution in [0.4, 0.5) is 8.78 Å². The van der Waals surface area contributed by atoms with Crippen LogP contribution in [0.2, 0.25) is 0 Å². The summed E-state index contributed by atoms with van der Waals surface area (Å²) >= 11 is 0. The minimum Gasteiger partial charge on any atom is -0.469 e. The standard InChI is InChI=1S/C7H13F2NO2/c1-12-7(11)3-2-5(10)4-6(8)9/h5-6H,2-4,10H2,1H3. The summed E-state index contributed by atoms with van der Waals surface area (Å²) in [6.07, 6.45) is -2.42. The van der Waals surface area contributed by atoms with Gasteiger partial charge < -0.3 is 10.5 Å². The van der Waals surface area contributed by atoms with Crippen molar-refractivity contribution >= 4 is 5.97 Å². The lowest BCUT2D eigenvalue weighted by atomic mass is 10.1. The normalized spacial score (nSPS) is 13.1. The minimum absolute atomic E-state index is 0.102.